The van der Waals surface area contributed by atoms with E-state index >= 15 is 0 Å². The molecule has 2 heterocycles. The SMILES string of the molecule is CCc1cc(Sc2nnnn2-c2ccc(Br)cc2)nc(C)n1. The minimum atomic E-state index is 0.669. The maximum atomic E-state index is 4.44. The Morgan fingerprint density at radius 1 is 1.18 bits per heavy atom. The Balaban J connectivity index is 1.92. The van der Waals surface area contributed by atoms with Crippen LogP contribution in [0.3, 0.4) is 0 Å². The molecule has 1 aromatic carbocycles. The largest absolute Gasteiger partial charge is 0.238 e. The lowest BCUT2D eigenvalue weighted by Crippen LogP contribution is -2.00. The maximum Gasteiger partial charge on any atom is 0.220 e. The molecule has 0 saturated carbocycles. The molecule has 0 aliphatic rings. The first-order valence-electron chi connectivity index (χ1n) is 6.72. The van der Waals surface area contributed by atoms with Crippen molar-refractivity contribution in [2.24, 2.45) is 0 Å². The standard InChI is InChI=1S/C14H13BrN6S/c1-3-11-8-13(17-9(2)16-11)22-14-18-19-20-21(14)12-6-4-10(15)5-7-12/h4-8H,3H2,1-2H3. The monoisotopic (exact) mass is 376 g/mol. The second kappa shape index (κ2) is 6.53. The van der Waals surface area contributed by atoms with E-state index in [1.165, 1.54) is 11.8 Å². The predicted molar refractivity (Wildman–Crippen MR) is 87.1 cm³/mol. The van der Waals surface area contributed by atoms with E-state index in [-0.39, 0.29) is 0 Å². The van der Waals surface area contributed by atoms with Crippen LogP contribution >= 0.6 is 27.7 Å². The van der Waals surface area contributed by atoms with Gasteiger partial charge >= 0.3 is 0 Å². The van der Waals surface area contributed by atoms with Crippen LogP contribution in [-0.4, -0.2) is 30.2 Å². The summed E-state index contributed by atoms with van der Waals surface area (Å²) in [5, 5.41) is 13.4. The van der Waals surface area contributed by atoms with Crippen LogP contribution in [0.15, 0.2) is 45.0 Å². The molecule has 3 rings (SSSR count). The number of aryl methyl sites for hydroxylation is 2. The highest BCUT2D eigenvalue weighted by molar-refractivity contribution is 9.10. The summed E-state index contributed by atoms with van der Waals surface area (Å²) >= 11 is 4.85. The summed E-state index contributed by atoms with van der Waals surface area (Å²) in [5.74, 6) is 0.754. The van der Waals surface area contributed by atoms with Crippen LogP contribution in [0.4, 0.5) is 0 Å². The first kappa shape index (κ1) is 15.1. The van der Waals surface area contributed by atoms with Gasteiger partial charge in [-0.05, 0) is 65.9 Å². The quantitative estimate of drug-likeness (QED) is 0.651. The fourth-order valence-corrected chi connectivity index (χ4v) is 3.04. The van der Waals surface area contributed by atoms with Crippen molar-refractivity contribution in [3.8, 4) is 5.69 Å². The molecule has 0 N–H and O–H groups in total. The van der Waals surface area contributed by atoms with Crippen LogP contribution < -0.4 is 0 Å². The minimum Gasteiger partial charge on any atom is -0.238 e. The van der Waals surface area contributed by atoms with Crippen molar-refractivity contribution in [1.82, 2.24) is 30.2 Å². The first-order chi connectivity index (χ1) is 10.7. The molecule has 0 aliphatic heterocycles. The molecule has 0 amide bonds. The molecular formula is C14H13BrN6S. The van der Waals surface area contributed by atoms with Gasteiger partial charge in [-0.2, -0.15) is 4.68 Å². The Labute approximate surface area is 140 Å². The van der Waals surface area contributed by atoms with Gasteiger partial charge in [0.15, 0.2) is 0 Å². The number of rotatable bonds is 4. The molecule has 0 atom stereocenters. The molecule has 0 spiro atoms. The summed E-state index contributed by atoms with van der Waals surface area (Å²) in [7, 11) is 0. The van der Waals surface area contributed by atoms with Gasteiger partial charge < -0.3 is 0 Å². The van der Waals surface area contributed by atoms with E-state index in [9.17, 15) is 0 Å². The number of tetrazole rings is 1. The predicted octanol–water partition coefficient (Wildman–Crippen LogP) is 3.24. The first-order valence-corrected chi connectivity index (χ1v) is 8.33. The van der Waals surface area contributed by atoms with Crippen molar-refractivity contribution < 1.29 is 0 Å². The third-order valence-electron chi connectivity index (χ3n) is 2.94. The molecule has 0 bridgehead atoms. The van der Waals surface area contributed by atoms with Crippen molar-refractivity contribution in [3.05, 3.63) is 46.3 Å². The molecular weight excluding hydrogens is 364 g/mol. The van der Waals surface area contributed by atoms with Gasteiger partial charge in [0.1, 0.15) is 10.9 Å². The second-order valence-electron chi connectivity index (χ2n) is 4.55. The highest BCUT2D eigenvalue weighted by Crippen LogP contribution is 2.26. The lowest BCUT2D eigenvalue weighted by molar-refractivity contribution is 0.755. The van der Waals surface area contributed by atoms with Crippen molar-refractivity contribution >= 4 is 27.7 Å². The lowest BCUT2D eigenvalue weighted by atomic mass is 10.3. The zero-order chi connectivity index (χ0) is 15.5. The zero-order valence-electron chi connectivity index (χ0n) is 12.1. The van der Waals surface area contributed by atoms with Crippen LogP contribution in [-0.2, 0) is 6.42 Å². The van der Waals surface area contributed by atoms with Gasteiger partial charge in [-0.3, -0.25) is 0 Å². The molecule has 0 radical (unpaired) electrons. The van der Waals surface area contributed by atoms with Crippen LogP contribution in [0, 0.1) is 6.92 Å². The Bertz CT molecular complexity index is 786. The van der Waals surface area contributed by atoms with Crippen molar-refractivity contribution in [1.29, 1.82) is 0 Å². The molecule has 0 unspecified atom stereocenters. The van der Waals surface area contributed by atoms with Gasteiger partial charge in [0.2, 0.25) is 5.16 Å². The van der Waals surface area contributed by atoms with Crippen LogP contribution in [0.25, 0.3) is 5.69 Å². The second-order valence-corrected chi connectivity index (χ2v) is 6.45. The molecule has 0 fully saturated rings. The zero-order valence-corrected chi connectivity index (χ0v) is 14.5. The van der Waals surface area contributed by atoms with E-state index < -0.39 is 0 Å². The summed E-state index contributed by atoms with van der Waals surface area (Å²) in [6.07, 6.45) is 0.870. The normalized spacial score (nSPS) is 10.9. The number of hydrogen-bond donors (Lipinski definition) is 0. The topological polar surface area (TPSA) is 69.4 Å². The Kier molecular flexibility index (Phi) is 4.49. The Hall–Kier alpha value is -1.80. The summed E-state index contributed by atoms with van der Waals surface area (Å²) in [6, 6.07) is 9.78. The van der Waals surface area contributed by atoms with E-state index in [1.807, 2.05) is 37.3 Å². The van der Waals surface area contributed by atoms with Crippen LogP contribution in [0.5, 0.6) is 0 Å². The van der Waals surface area contributed by atoms with Gasteiger partial charge in [-0.1, -0.05) is 22.9 Å². The molecule has 8 heteroatoms. The molecule has 0 aliphatic carbocycles. The summed E-state index contributed by atoms with van der Waals surface area (Å²) in [4.78, 5) is 8.82. The van der Waals surface area contributed by atoms with E-state index in [0.717, 1.165) is 33.1 Å². The number of nitrogens with zero attached hydrogens (tertiary/aromatic N) is 6. The number of aromatic nitrogens is 6. The third kappa shape index (κ3) is 3.33. The summed E-state index contributed by atoms with van der Waals surface area (Å²) < 4.78 is 2.71. The fraction of sp³-hybridized carbons (Fsp3) is 0.214. The summed E-state index contributed by atoms with van der Waals surface area (Å²) in [5.41, 5.74) is 1.91. The Morgan fingerprint density at radius 2 is 1.95 bits per heavy atom. The van der Waals surface area contributed by atoms with Gasteiger partial charge in [-0.25, -0.2) is 9.97 Å². The minimum absolute atomic E-state index is 0.669. The van der Waals surface area contributed by atoms with Gasteiger partial charge in [0.05, 0.1) is 5.69 Å². The Morgan fingerprint density at radius 3 is 2.68 bits per heavy atom. The average molecular weight is 377 g/mol. The molecule has 0 saturated heterocycles. The molecule has 3 aromatic rings. The van der Waals surface area contributed by atoms with Crippen molar-refractivity contribution in [2.75, 3.05) is 0 Å². The van der Waals surface area contributed by atoms with Crippen LogP contribution in [0.2, 0.25) is 0 Å². The van der Waals surface area contributed by atoms with Crippen LogP contribution in [0.1, 0.15) is 18.4 Å². The molecule has 6 nitrogen and oxygen atoms in total. The van der Waals surface area contributed by atoms with E-state index in [1.54, 1.807) is 4.68 Å². The smallest absolute Gasteiger partial charge is 0.220 e. The van der Waals surface area contributed by atoms with Crippen molar-refractivity contribution in [2.45, 2.75) is 30.5 Å². The molecule has 112 valence electrons. The van der Waals surface area contributed by atoms with Crippen molar-refractivity contribution in [3.63, 3.8) is 0 Å². The number of benzene rings is 1. The van der Waals surface area contributed by atoms with E-state index in [2.05, 4.69) is 48.3 Å². The van der Waals surface area contributed by atoms with Gasteiger partial charge in [0.25, 0.3) is 0 Å². The molecule has 22 heavy (non-hydrogen) atoms. The lowest BCUT2D eigenvalue weighted by Gasteiger charge is -2.05. The number of halogens is 1. The maximum absolute atomic E-state index is 4.44. The third-order valence-corrected chi connectivity index (χ3v) is 4.32. The summed E-state index contributed by atoms with van der Waals surface area (Å²) in [6.45, 7) is 3.96. The van der Waals surface area contributed by atoms with E-state index in [0.29, 0.717) is 5.16 Å². The molecule has 2 aromatic heterocycles. The van der Waals surface area contributed by atoms with Gasteiger partial charge in [0, 0.05) is 10.2 Å². The highest BCUT2D eigenvalue weighted by Gasteiger charge is 2.12. The van der Waals surface area contributed by atoms with Gasteiger partial charge in [-0.15, -0.1) is 5.10 Å². The average Bonchev–Trinajstić information content (AvgIpc) is 2.95. The highest BCUT2D eigenvalue weighted by atomic mass is 79.9. The van der Waals surface area contributed by atoms with E-state index in [4.69, 9.17) is 0 Å². The fourth-order valence-electron chi connectivity index (χ4n) is 1.91. The number of hydrogen-bond acceptors (Lipinski definition) is 6.